The molecule has 3 aromatic carbocycles. The lowest BCUT2D eigenvalue weighted by Gasteiger charge is -2.33. The van der Waals surface area contributed by atoms with Gasteiger partial charge in [-0.05, 0) is 81.3 Å². The molecule has 186 valence electrons. The van der Waals surface area contributed by atoms with Crippen molar-refractivity contribution in [2.45, 2.75) is 33.3 Å². The van der Waals surface area contributed by atoms with Crippen LogP contribution >= 0.6 is 0 Å². The predicted molar refractivity (Wildman–Crippen MR) is 141 cm³/mol. The fraction of sp³-hybridized carbons (Fsp3) is 0.200. The molecule has 0 aliphatic heterocycles. The average molecular weight is 494 g/mol. The van der Waals surface area contributed by atoms with E-state index < -0.39 is 17.5 Å². The maximum absolute atomic E-state index is 14.1. The van der Waals surface area contributed by atoms with E-state index in [-0.39, 0.29) is 17.7 Å². The van der Waals surface area contributed by atoms with Gasteiger partial charge in [0, 0.05) is 6.08 Å². The summed E-state index contributed by atoms with van der Waals surface area (Å²) in [5.74, 6) is -0.503. The third-order valence-corrected chi connectivity index (χ3v) is 5.39. The molecule has 0 spiro atoms. The second-order valence-electron chi connectivity index (χ2n) is 8.68. The van der Waals surface area contributed by atoms with Crippen LogP contribution in [0.1, 0.15) is 43.0 Å². The summed E-state index contributed by atoms with van der Waals surface area (Å²) in [5, 5.41) is 19.4. The third-order valence-electron chi connectivity index (χ3n) is 5.39. The Morgan fingerprint density at radius 3 is 2.05 bits per heavy atom. The number of nitrogens with zero attached hydrogens (tertiary/aromatic N) is 3. The molecule has 7 heteroatoms. The van der Waals surface area contributed by atoms with Crippen LogP contribution in [0.25, 0.3) is 6.08 Å². The zero-order valence-corrected chi connectivity index (χ0v) is 21.2. The number of rotatable bonds is 8. The molecule has 0 aromatic heterocycles. The Morgan fingerprint density at radius 1 is 0.946 bits per heavy atom. The van der Waals surface area contributed by atoms with Crippen molar-refractivity contribution in [2.75, 3.05) is 11.5 Å². The minimum Gasteiger partial charge on any atom is -0.478 e. The van der Waals surface area contributed by atoms with Crippen LogP contribution in [-0.2, 0) is 14.3 Å². The van der Waals surface area contributed by atoms with Crippen LogP contribution in [0.3, 0.4) is 0 Å². The van der Waals surface area contributed by atoms with E-state index in [1.165, 1.54) is 11.0 Å². The largest absolute Gasteiger partial charge is 0.478 e. The van der Waals surface area contributed by atoms with Gasteiger partial charge in [-0.3, -0.25) is 9.69 Å². The van der Waals surface area contributed by atoms with E-state index in [0.717, 1.165) is 5.56 Å². The van der Waals surface area contributed by atoms with Gasteiger partial charge in [-0.15, -0.1) is 0 Å². The Hall–Kier alpha value is -4.88. The molecule has 3 aromatic rings. The number of carbonyl (C=O) groups excluding carboxylic acids is 2. The van der Waals surface area contributed by atoms with E-state index in [1.54, 1.807) is 87.5 Å². The number of para-hydroxylation sites is 2. The molecule has 0 fully saturated rings. The monoisotopic (exact) mass is 493 g/mol. The molecule has 37 heavy (non-hydrogen) atoms. The van der Waals surface area contributed by atoms with Gasteiger partial charge in [-0.1, -0.05) is 30.3 Å². The zero-order chi connectivity index (χ0) is 27.0. The maximum atomic E-state index is 14.1. The van der Waals surface area contributed by atoms with Crippen LogP contribution < -0.4 is 9.64 Å². The lowest BCUT2D eigenvalue weighted by Crippen LogP contribution is -2.47. The minimum atomic E-state index is -1.40. The predicted octanol–water partition coefficient (Wildman–Crippen LogP) is 5.84. The second-order valence-corrected chi connectivity index (χ2v) is 8.68. The summed E-state index contributed by atoms with van der Waals surface area (Å²) in [6.07, 6.45) is 2.95. The van der Waals surface area contributed by atoms with E-state index in [2.05, 4.69) is 12.1 Å². The van der Waals surface area contributed by atoms with E-state index in [0.29, 0.717) is 22.7 Å². The summed E-state index contributed by atoms with van der Waals surface area (Å²) in [6, 6.07) is 23.0. The first kappa shape index (κ1) is 26.7. The minimum absolute atomic E-state index is 0.279. The summed E-state index contributed by atoms with van der Waals surface area (Å²) >= 11 is 0. The highest BCUT2D eigenvalue weighted by Crippen LogP contribution is 2.34. The van der Waals surface area contributed by atoms with E-state index in [1.807, 2.05) is 13.0 Å². The van der Waals surface area contributed by atoms with Crippen molar-refractivity contribution in [3.8, 4) is 17.9 Å². The van der Waals surface area contributed by atoms with Crippen molar-refractivity contribution in [3.63, 3.8) is 0 Å². The molecule has 0 heterocycles. The van der Waals surface area contributed by atoms with Crippen molar-refractivity contribution in [1.29, 1.82) is 10.5 Å². The summed E-state index contributed by atoms with van der Waals surface area (Å²) in [4.78, 5) is 27.1. The lowest BCUT2D eigenvalue weighted by molar-refractivity contribution is -0.137. The van der Waals surface area contributed by atoms with Crippen LogP contribution in [-0.4, -0.2) is 24.1 Å². The van der Waals surface area contributed by atoms with Gasteiger partial charge < -0.3 is 9.47 Å². The van der Waals surface area contributed by atoms with Crippen molar-refractivity contribution in [1.82, 2.24) is 0 Å². The van der Waals surface area contributed by atoms with Gasteiger partial charge in [-0.25, -0.2) is 4.79 Å². The summed E-state index contributed by atoms with van der Waals surface area (Å²) in [6.45, 7) is 7.15. The molecular weight excluding hydrogens is 466 g/mol. The number of aryl methyl sites for hydroxylation is 1. The number of carbonyl (C=O) groups is 2. The van der Waals surface area contributed by atoms with Gasteiger partial charge in [0.05, 0.1) is 29.1 Å². The Kier molecular flexibility index (Phi) is 8.45. The molecule has 7 nitrogen and oxygen atoms in total. The first-order valence-corrected chi connectivity index (χ1v) is 11.7. The number of benzene rings is 3. The number of esters is 1. The maximum Gasteiger partial charge on any atom is 0.330 e. The summed E-state index contributed by atoms with van der Waals surface area (Å²) < 4.78 is 11.1. The molecule has 1 amide bonds. The number of anilines is 2. The average Bonchev–Trinajstić information content (AvgIpc) is 2.87. The van der Waals surface area contributed by atoms with Crippen LogP contribution in [0.4, 0.5) is 11.4 Å². The fourth-order valence-corrected chi connectivity index (χ4v) is 3.77. The Morgan fingerprint density at radius 2 is 1.51 bits per heavy atom. The smallest absolute Gasteiger partial charge is 0.330 e. The first-order valence-electron chi connectivity index (χ1n) is 11.7. The van der Waals surface area contributed by atoms with Crippen molar-refractivity contribution in [3.05, 3.63) is 95.1 Å². The standard InChI is InChI=1S/C30H27N3O4/c1-5-36-28(34)15-14-22-16-21(2)17-25(18-22)37-30(3,4)29(35)33(26-12-8-6-10-23(26)19-31)27-13-9-7-11-24(27)20-32/h6-18H,5H2,1-4H3/b15-14+. The van der Waals surface area contributed by atoms with E-state index in [9.17, 15) is 20.1 Å². The van der Waals surface area contributed by atoms with E-state index in [4.69, 9.17) is 9.47 Å². The molecule has 0 saturated heterocycles. The van der Waals surface area contributed by atoms with Crippen molar-refractivity contribution in [2.24, 2.45) is 0 Å². The highest BCUT2D eigenvalue weighted by Gasteiger charge is 2.37. The molecule has 0 radical (unpaired) electrons. The highest BCUT2D eigenvalue weighted by molar-refractivity contribution is 6.07. The molecule has 0 bridgehead atoms. The number of hydrogen-bond acceptors (Lipinski definition) is 6. The topological polar surface area (TPSA) is 103 Å². The van der Waals surface area contributed by atoms with Crippen molar-refractivity contribution >= 4 is 29.3 Å². The van der Waals surface area contributed by atoms with Gasteiger partial charge in [0.2, 0.25) is 0 Å². The van der Waals surface area contributed by atoms with Crippen LogP contribution in [0.15, 0.2) is 72.8 Å². The first-order chi connectivity index (χ1) is 17.7. The number of amides is 1. The van der Waals surface area contributed by atoms with Gasteiger partial charge in [0.25, 0.3) is 5.91 Å². The van der Waals surface area contributed by atoms with Crippen LogP contribution in [0.5, 0.6) is 5.75 Å². The van der Waals surface area contributed by atoms with Crippen LogP contribution in [0, 0.1) is 29.6 Å². The summed E-state index contributed by atoms with van der Waals surface area (Å²) in [7, 11) is 0. The Balaban J connectivity index is 2.03. The molecule has 0 aliphatic carbocycles. The number of nitriles is 2. The molecule has 0 unspecified atom stereocenters. The second kappa shape index (κ2) is 11.7. The van der Waals surface area contributed by atoms with Gasteiger partial charge in [0.15, 0.2) is 5.60 Å². The zero-order valence-electron chi connectivity index (χ0n) is 21.2. The Bertz CT molecular complexity index is 1370. The molecule has 0 N–H and O–H groups in total. The van der Waals surface area contributed by atoms with Gasteiger partial charge in [0.1, 0.15) is 17.9 Å². The van der Waals surface area contributed by atoms with Crippen LogP contribution in [0.2, 0.25) is 0 Å². The molecule has 3 rings (SSSR count). The SMILES string of the molecule is CCOC(=O)/C=C/c1cc(C)cc(OC(C)(C)C(=O)N(c2ccccc2C#N)c2ccccc2C#N)c1. The number of hydrogen-bond donors (Lipinski definition) is 0. The summed E-state index contributed by atoms with van der Waals surface area (Å²) in [5.41, 5.74) is 1.41. The fourth-order valence-electron chi connectivity index (χ4n) is 3.77. The quantitative estimate of drug-likeness (QED) is 0.289. The van der Waals surface area contributed by atoms with E-state index >= 15 is 0 Å². The highest BCUT2D eigenvalue weighted by atomic mass is 16.5. The molecule has 0 aliphatic rings. The lowest BCUT2D eigenvalue weighted by atomic mass is 10.0. The normalized spacial score (nSPS) is 10.9. The molecular formula is C30H27N3O4. The molecule has 0 saturated carbocycles. The number of ether oxygens (including phenoxy) is 2. The van der Waals surface area contributed by atoms with Gasteiger partial charge >= 0.3 is 5.97 Å². The molecule has 0 atom stereocenters. The third kappa shape index (κ3) is 6.42. The van der Waals surface area contributed by atoms with Gasteiger partial charge in [-0.2, -0.15) is 10.5 Å². The Labute approximate surface area is 216 Å². The van der Waals surface area contributed by atoms with Crippen molar-refractivity contribution < 1.29 is 19.1 Å².